The highest BCUT2D eigenvalue weighted by atomic mass is 15.1. The van der Waals surface area contributed by atoms with Gasteiger partial charge in [0.25, 0.3) is 0 Å². The minimum atomic E-state index is 0.901. The van der Waals surface area contributed by atoms with Gasteiger partial charge in [-0.2, -0.15) is 0 Å². The van der Waals surface area contributed by atoms with Crippen molar-refractivity contribution < 1.29 is 0 Å². The number of hydrogen-bond acceptors (Lipinski definition) is 2. The monoisotopic (exact) mass is 260 g/mol. The van der Waals surface area contributed by atoms with Crippen LogP contribution in [0, 0.1) is 12.8 Å². The summed E-state index contributed by atoms with van der Waals surface area (Å²) in [6.07, 6.45) is 5.25. The van der Waals surface area contributed by atoms with E-state index in [2.05, 4.69) is 48.5 Å². The van der Waals surface area contributed by atoms with Crippen molar-refractivity contribution in [2.75, 3.05) is 33.2 Å². The molecule has 1 heterocycles. The topological polar surface area (TPSA) is 15.3 Å². The molecule has 1 fully saturated rings. The summed E-state index contributed by atoms with van der Waals surface area (Å²) in [6, 6.07) is 8.78. The van der Waals surface area contributed by atoms with E-state index in [1.54, 1.807) is 0 Å². The fourth-order valence-electron chi connectivity index (χ4n) is 3.09. The van der Waals surface area contributed by atoms with E-state index in [0.29, 0.717) is 0 Å². The molecule has 0 spiro atoms. The molecular formula is C17H28N2. The molecule has 0 aliphatic carbocycles. The molecule has 1 saturated heterocycles. The molecule has 2 nitrogen and oxygen atoms in total. The Balaban J connectivity index is 1.66. The lowest BCUT2D eigenvalue weighted by molar-refractivity contribution is 0.182. The number of piperidine rings is 1. The van der Waals surface area contributed by atoms with Gasteiger partial charge in [-0.3, -0.25) is 0 Å². The molecule has 19 heavy (non-hydrogen) atoms. The Hall–Kier alpha value is -0.860. The zero-order chi connectivity index (χ0) is 13.5. The lowest BCUT2D eigenvalue weighted by atomic mass is 9.96. The van der Waals surface area contributed by atoms with E-state index in [1.165, 1.54) is 63.0 Å². The lowest BCUT2D eigenvalue weighted by Crippen LogP contribution is -2.37. The van der Waals surface area contributed by atoms with Crippen molar-refractivity contribution in [3.63, 3.8) is 0 Å². The Kier molecular flexibility index (Phi) is 5.87. The number of aryl methyl sites for hydroxylation is 2. The molecule has 0 bridgehead atoms. The molecule has 1 aromatic carbocycles. The summed E-state index contributed by atoms with van der Waals surface area (Å²) in [5.74, 6) is 0.901. The Morgan fingerprint density at radius 2 is 1.95 bits per heavy atom. The predicted octanol–water partition coefficient (Wildman–Crippen LogP) is 2.86. The minimum absolute atomic E-state index is 0.901. The molecule has 0 aromatic heterocycles. The first-order chi connectivity index (χ1) is 9.29. The first-order valence-corrected chi connectivity index (χ1v) is 7.71. The predicted molar refractivity (Wildman–Crippen MR) is 82.6 cm³/mol. The van der Waals surface area contributed by atoms with Gasteiger partial charge >= 0.3 is 0 Å². The Labute approximate surface area is 118 Å². The maximum atomic E-state index is 3.30. The molecule has 1 aliphatic rings. The van der Waals surface area contributed by atoms with Gasteiger partial charge in [0.1, 0.15) is 0 Å². The van der Waals surface area contributed by atoms with Gasteiger partial charge in [0.15, 0.2) is 0 Å². The van der Waals surface area contributed by atoms with Crippen LogP contribution in [0.25, 0.3) is 0 Å². The molecule has 0 radical (unpaired) electrons. The van der Waals surface area contributed by atoms with Gasteiger partial charge in [-0.1, -0.05) is 24.3 Å². The fourth-order valence-corrected chi connectivity index (χ4v) is 3.09. The largest absolute Gasteiger partial charge is 0.319 e. The second-order valence-corrected chi connectivity index (χ2v) is 5.87. The summed E-state index contributed by atoms with van der Waals surface area (Å²) in [5.41, 5.74) is 2.96. The second kappa shape index (κ2) is 7.66. The molecule has 2 heteroatoms. The summed E-state index contributed by atoms with van der Waals surface area (Å²) >= 11 is 0. The van der Waals surface area contributed by atoms with Crippen molar-refractivity contribution in [2.24, 2.45) is 5.92 Å². The molecular weight excluding hydrogens is 232 g/mol. The van der Waals surface area contributed by atoms with Crippen molar-refractivity contribution in [1.82, 2.24) is 10.2 Å². The van der Waals surface area contributed by atoms with Gasteiger partial charge in [-0.05, 0) is 82.9 Å². The standard InChI is InChI=1S/C17H28N2/c1-15-6-3-4-7-17(15)8-5-11-19-12-9-16(10-13-19)14-18-2/h3-4,6-7,16,18H,5,8-14H2,1-2H3. The number of hydrogen-bond donors (Lipinski definition) is 1. The Morgan fingerprint density at radius 1 is 1.21 bits per heavy atom. The SMILES string of the molecule is CNCC1CCN(CCCc2ccccc2C)CC1. The minimum Gasteiger partial charge on any atom is -0.319 e. The maximum Gasteiger partial charge on any atom is -0.00156 e. The normalized spacial score (nSPS) is 17.8. The molecule has 0 atom stereocenters. The van der Waals surface area contributed by atoms with Gasteiger partial charge in [0.05, 0.1) is 0 Å². The van der Waals surface area contributed by atoms with Crippen molar-refractivity contribution in [3.05, 3.63) is 35.4 Å². The van der Waals surface area contributed by atoms with Crippen molar-refractivity contribution in [2.45, 2.75) is 32.6 Å². The van der Waals surface area contributed by atoms with E-state index >= 15 is 0 Å². The second-order valence-electron chi connectivity index (χ2n) is 5.87. The summed E-state index contributed by atoms with van der Waals surface area (Å²) in [5, 5.41) is 3.30. The van der Waals surface area contributed by atoms with Crippen molar-refractivity contribution in [3.8, 4) is 0 Å². The average molecular weight is 260 g/mol. The molecule has 0 unspecified atom stereocenters. The zero-order valence-electron chi connectivity index (χ0n) is 12.5. The van der Waals surface area contributed by atoms with Crippen LogP contribution < -0.4 is 5.32 Å². The van der Waals surface area contributed by atoms with Crippen molar-refractivity contribution in [1.29, 1.82) is 0 Å². The van der Waals surface area contributed by atoms with Crippen LogP contribution >= 0.6 is 0 Å². The summed E-state index contributed by atoms with van der Waals surface area (Å²) in [6.45, 7) is 7.26. The zero-order valence-corrected chi connectivity index (χ0v) is 12.5. The highest BCUT2D eigenvalue weighted by Crippen LogP contribution is 2.17. The number of rotatable bonds is 6. The summed E-state index contributed by atoms with van der Waals surface area (Å²) < 4.78 is 0. The molecule has 1 aliphatic heterocycles. The van der Waals surface area contributed by atoms with Gasteiger partial charge in [0, 0.05) is 0 Å². The molecule has 106 valence electrons. The highest BCUT2D eigenvalue weighted by molar-refractivity contribution is 5.25. The number of nitrogens with zero attached hydrogens (tertiary/aromatic N) is 1. The van der Waals surface area contributed by atoms with Crippen LogP contribution in [0.4, 0.5) is 0 Å². The van der Waals surface area contributed by atoms with Crippen molar-refractivity contribution >= 4 is 0 Å². The number of likely N-dealkylation sites (tertiary alicyclic amines) is 1. The van der Waals surface area contributed by atoms with Crippen LogP contribution in [0.3, 0.4) is 0 Å². The van der Waals surface area contributed by atoms with Gasteiger partial charge in [-0.25, -0.2) is 0 Å². The molecule has 1 aromatic rings. The van der Waals surface area contributed by atoms with Crippen LogP contribution in [0.5, 0.6) is 0 Å². The summed E-state index contributed by atoms with van der Waals surface area (Å²) in [4.78, 5) is 2.64. The van der Waals surface area contributed by atoms with E-state index in [4.69, 9.17) is 0 Å². The Bertz CT molecular complexity index is 367. The lowest BCUT2D eigenvalue weighted by Gasteiger charge is -2.31. The highest BCUT2D eigenvalue weighted by Gasteiger charge is 2.17. The quantitative estimate of drug-likeness (QED) is 0.846. The van der Waals surface area contributed by atoms with Crippen LogP contribution in [0.2, 0.25) is 0 Å². The number of benzene rings is 1. The van der Waals surface area contributed by atoms with E-state index in [1.807, 2.05) is 0 Å². The van der Waals surface area contributed by atoms with E-state index in [0.717, 1.165) is 5.92 Å². The first-order valence-electron chi connectivity index (χ1n) is 7.71. The van der Waals surface area contributed by atoms with Gasteiger partial charge in [0.2, 0.25) is 0 Å². The molecule has 1 N–H and O–H groups in total. The third-order valence-corrected chi connectivity index (χ3v) is 4.38. The maximum absolute atomic E-state index is 3.30. The first kappa shape index (κ1) is 14.5. The molecule has 2 rings (SSSR count). The smallest absolute Gasteiger partial charge is 0.00156 e. The van der Waals surface area contributed by atoms with E-state index in [9.17, 15) is 0 Å². The average Bonchev–Trinajstić information content (AvgIpc) is 2.43. The number of nitrogens with one attached hydrogen (secondary N) is 1. The van der Waals surface area contributed by atoms with Crippen LogP contribution in [-0.2, 0) is 6.42 Å². The van der Waals surface area contributed by atoms with Crippen LogP contribution in [-0.4, -0.2) is 38.1 Å². The van der Waals surface area contributed by atoms with Crippen LogP contribution in [0.1, 0.15) is 30.4 Å². The van der Waals surface area contributed by atoms with Gasteiger partial charge in [-0.15, -0.1) is 0 Å². The third kappa shape index (κ3) is 4.63. The fraction of sp³-hybridized carbons (Fsp3) is 0.647. The molecule has 0 amide bonds. The van der Waals surface area contributed by atoms with E-state index < -0.39 is 0 Å². The molecule has 0 saturated carbocycles. The van der Waals surface area contributed by atoms with E-state index in [-0.39, 0.29) is 0 Å². The van der Waals surface area contributed by atoms with Gasteiger partial charge < -0.3 is 10.2 Å². The van der Waals surface area contributed by atoms with Crippen LogP contribution in [0.15, 0.2) is 24.3 Å². The summed E-state index contributed by atoms with van der Waals surface area (Å²) in [7, 11) is 2.06. The third-order valence-electron chi connectivity index (χ3n) is 4.38. The Morgan fingerprint density at radius 3 is 2.63 bits per heavy atom.